The minimum Gasteiger partial charge on any atom is -0.399 e. The summed E-state index contributed by atoms with van der Waals surface area (Å²) in [6, 6.07) is 5.69. The molecule has 10 heteroatoms. The largest absolute Gasteiger partial charge is 0.494 e. The molecule has 0 radical (unpaired) electrons. The van der Waals surface area contributed by atoms with Crippen molar-refractivity contribution in [1.82, 2.24) is 4.72 Å². The van der Waals surface area contributed by atoms with E-state index in [0.29, 0.717) is 6.42 Å². The number of hydrogen-bond donors (Lipinski definition) is 1. The first-order valence-corrected chi connectivity index (χ1v) is 11.8. The molecule has 1 atom stereocenters. The van der Waals surface area contributed by atoms with Crippen LogP contribution in [-0.4, -0.2) is 52.7 Å². The van der Waals surface area contributed by atoms with Crippen molar-refractivity contribution in [3.05, 3.63) is 24.3 Å². The summed E-state index contributed by atoms with van der Waals surface area (Å²) >= 11 is 0. The predicted octanol–water partition coefficient (Wildman–Crippen LogP) is 0.451. The van der Waals surface area contributed by atoms with E-state index in [1.807, 2.05) is 27.7 Å². The maximum Gasteiger partial charge on any atom is 0.494 e. The van der Waals surface area contributed by atoms with Gasteiger partial charge in [-0.1, -0.05) is 12.1 Å². The Labute approximate surface area is 155 Å². The second-order valence-electron chi connectivity index (χ2n) is 7.88. The molecule has 2 heterocycles. The molecule has 3 rings (SSSR count). The monoisotopic (exact) mass is 401 g/mol. The molecular formula is C16H24BNO6S2. The van der Waals surface area contributed by atoms with Gasteiger partial charge in [-0.25, -0.2) is 21.6 Å². The summed E-state index contributed by atoms with van der Waals surface area (Å²) in [6.07, 6.45) is 0.299. The highest BCUT2D eigenvalue weighted by Crippen LogP contribution is 2.36. The van der Waals surface area contributed by atoms with Crippen molar-refractivity contribution in [3.8, 4) is 0 Å². The Bertz CT molecular complexity index is 877. The highest BCUT2D eigenvalue weighted by molar-refractivity contribution is 7.92. The van der Waals surface area contributed by atoms with Gasteiger partial charge >= 0.3 is 7.12 Å². The molecule has 26 heavy (non-hydrogen) atoms. The lowest BCUT2D eigenvalue weighted by Gasteiger charge is -2.32. The van der Waals surface area contributed by atoms with Gasteiger partial charge in [-0.3, -0.25) is 0 Å². The number of hydrogen-bond acceptors (Lipinski definition) is 6. The Morgan fingerprint density at radius 2 is 1.62 bits per heavy atom. The van der Waals surface area contributed by atoms with E-state index in [0.717, 1.165) is 5.46 Å². The standard InChI is InChI=1S/C16H24BNO6S2/c1-15(2)16(3,4)24-17(23-15)12-5-7-14(8-6-12)26(21,22)18-13-9-10-25(19,20)11-13/h5-8,13,18H,9-11H2,1-4H3. The summed E-state index contributed by atoms with van der Waals surface area (Å²) < 4.78 is 62.3. The minimum atomic E-state index is -3.78. The number of sulfonamides is 1. The quantitative estimate of drug-likeness (QED) is 0.736. The number of sulfone groups is 1. The molecule has 1 unspecified atom stereocenters. The summed E-state index contributed by atoms with van der Waals surface area (Å²) in [7, 11) is -7.49. The van der Waals surface area contributed by atoms with Crippen LogP contribution >= 0.6 is 0 Å². The molecule has 2 aliphatic heterocycles. The van der Waals surface area contributed by atoms with Crippen LogP contribution in [0, 0.1) is 0 Å². The van der Waals surface area contributed by atoms with Gasteiger partial charge in [-0.05, 0) is 51.7 Å². The Balaban J connectivity index is 1.74. The lowest BCUT2D eigenvalue weighted by molar-refractivity contribution is 0.00578. The Morgan fingerprint density at radius 3 is 2.08 bits per heavy atom. The molecule has 0 spiro atoms. The van der Waals surface area contributed by atoms with E-state index < -0.39 is 44.2 Å². The molecule has 1 aromatic rings. The van der Waals surface area contributed by atoms with E-state index in [9.17, 15) is 16.8 Å². The van der Waals surface area contributed by atoms with Crippen molar-refractivity contribution in [3.63, 3.8) is 0 Å². The van der Waals surface area contributed by atoms with Crippen LogP contribution in [-0.2, 0) is 29.2 Å². The van der Waals surface area contributed by atoms with Crippen LogP contribution in [0.2, 0.25) is 0 Å². The van der Waals surface area contributed by atoms with Gasteiger partial charge in [-0.15, -0.1) is 0 Å². The molecule has 2 saturated heterocycles. The molecule has 144 valence electrons. The van der Waals surface area contributed by atoms with Crippen LogP contribution < -0.4 is 10.2 Å². The lowest BCUT2D eigenvalue weighted by atomic mass is 9.79. The third kappa shape index (κ3) is 3.84. The molecule has 0 aliphatic carbocycles. The summed E-state index contributed by atoms with van der Waals surface area (Å²) in [5, 5.41) is 0. The van der Waals surface area contributed by atoms with Crippen LogP contribution in [0.3, 0.4) is 0 Å². The van der Waals surface area contributed by atoms with Crippen molar-refractivity contribution in [2.75, 3.05) is 11.5 Å². The Hall–Kier alpha value is -0.935. The maximum absolute atomic E-state index is 12.5. The normalized spacial score (nSPS) is 26.9. The molecule has 0 aromatic heterocycles. The SMILES string of the molecule is CC1(C)OB(c2ccc(S(=O)(=O)NC3CCS(=O)(=O)C3)cc2)OC1(C)C. The van der Waals surface area contributed by atoms with E-state index in [1.165, 1.54) is 12.1 Å². The fourth-order valence-electron chi connectivity index (χ4n) is 2.96. The molecule has 0 amide bonds. The van der Waals surface area contributed by atoms with E-state index in [1.54, 1.807) is 12.1 Å². The van der Waals surface area contributed by atoms with Gasteiger partial charge in [0.2, 0.25) is 10.0 Å². The van der Waals surface area contributed by atoms with Crippen molar-refractivity contribution in [1.29, 1.82) is 0 Å². The zero-order chi connectivity index (χ0) is 19.4. The molecule has 1 N–H and O–H groups in total. The van der Waals surface area contributed by atoms with Crippen molar-refractivity contribution in [2.24, 2.45) is 0 Å². The average molecular weight is 401 g/mol. The van der Waals surface area contributed by atoms with Gasteiger partial charge in [0.15, 0.2) is 9.84 Å². The smallest absolute Gasteiger partial charge is 0.399 e. The molecule has 0 bridgehead atoms. The van der Waals surface area contributed by atoms with Gasteiger partial charge in [0.25, 0.3) is 0 Å². The third-order valence-electron chi connectivity index (χ3n) is 5.27. The highest BCUT2D eigenvalue weighted by Gasteiger charge is 2.51. The zero-order valence-corrected chi connectivity index (χ0v) is 17.0. The van der Waals surface area contributed by atoms with Gasteiger partial charge in [-0.2, -0.15) is 0 Å². The van der Waals surface area contributed by atoms with E-state index in [-0.39, 0.29) is 16.4 Å². The zero-order valence-electron chi connectivity index (χ0n) is 15.4. The van der Waals surface area contributed by atoms with E-state index in [2.05, 4.69) is 4.72 Å². The first kappa shape index (κ1) is 19.8. The van der Waals surface area contributed by atoms with Crippen molar-refractivity contribution >= 4 is 32.4 Å². The van der Waals surface area contributed by atoms with E-state index >= 15 is 0 Å². The summed E-state index contributed by atoms with van der Waals surface area (Å²) in [5.41, 5.74) is -0.221. The summed E-state index contributed by atoms with van der Waals surface area (Å²) in [5.74, 6) is -0.140. The fourth-order valence-corrected chi connectivity index (χ4v) is 6.01. The highest BCUT2D eigenvalue weighted by atomic mass is 32.2. The van der Waals surface area contributed by atoms with Crippen molar-refractivity contribution in [2.45, 2.75) is 56.3 Å². The molecular weight excluding hydrogens is 377 g/mol. The number of nitrogens with one attached hydrogen (secondary N) is 1. The summed E-state index contributed by atoms with van der Waals surface area (Å²) in [4.78, 5) is 0.0852. The van der Waals surface area contributed by atoms with Crippen molar-refractivity contribution < 1.29 is 26.1 Å². The van der Waals surface area contributed by atoms with Crippen LogP contribution in [0.25, 0.3) is 0 Å². The first-order valence-electron chi connectivity index (χ1n) is 8.50. The van der Waals surface area contributed by atoms with Crippen LogP contribution in [0.4, 0.5) is 0 Å². The summed E-state index contributed by atoms with van der Waals surface area (Å²) in [6.45, 7) is 7.80. The first-order chi connectivity index (χ1) is 11.8. The Kier molecular flexibility index (Phi) is 4.80. The lowest BCUT2D eigenvalue weighted by Crippen LogP contribution is -2.41. The fraction of sp³-hybridized carbons (Fsp3) is 0.625. The topological polar surface area (TPSA) is 98.8 Å². The average Bonchev–Trinajstić information content (AvgIpc) is 2.94. The second-order valence-corrected chi connectivity index (χ2v) is 11.8. The molecule has 0 saturated carbocycles. The van der Waals surface area contributed by atoms with Crippen LogP contribution in [0.5, 0.6) is 0 Å². The molecule has 2 aliphatic rings. The third-order valence-corrected chi connectivity index (χ3v) is 8.57. The molecule has 7 nitrogen and oxygen atoms in total. The molecule has 1 aromatic carbocycles. The van der Waals surface area contributed by atoms with Gasteiger partial charge in [0.1, 0.15) is 0 Å². The van der Waals surface area contributed by atoms with Gasteiger partial charge in [0.05, 0.1) is 27.6 Å². The number of rotatable bonds is 4. The van der Waals surface area contributed by atoms with Crippen LogP contribution in [0.15, 0.2) is 29.2 Å². The van der Waals surface area contributed by atoms with Gasteiger partial charge < -0.3 is 9.31 Å². The van der Waals surface area contributed by atoms with Crippen LogP contribution in [0.1, 0.15) is 34.1 Å². The molecule has 2 fully saturated rings. The minimum absolute atomic E-state index is 0.0149. The predicted molar refractivity (Wildman–Crippen MR) is 99.5 cm³/mol. The second kappa shape index (κ2) is 6.30. The van der Waals surface area contributed by atoms with E-state index in [4.69, 9.17) is 9.31 Å². The maximum atomic E-state index is 12.5. The Morgan fingerprint density at radius 1 is 1.08 bits per heavy atom. The van der Waals surface area contributed by atoms with Gasteiger partial charge in [0, 0.05) is 6.04 Å². The number of benzene rings is 1.